The van der Waals surface area contributed by atoms with Gasteiger partial charge in [-0.25, -0.2) is 4.79 Å². The molecule has 1 amide bonds. The summed E-state index contributed by atoms with van der Waals surface area (Å²) in [6.07, 6.45) is 4.84. The maximum Gasteiger partial charge on any atom is 0.341 e. The van der Waals surface area contributed by atoms with Crippen LogP contribution in [0.25, 0.3) is 11.0 Å². The molecule has 1 atom stereocenters. The fraction of sp³-hybridized carbons (Fsp3) is 0.333. The highest BCUT2D eigenvalue weighted by Crippen LogP contribution is 2.30. The molecule has 9 heteroatoms. The van der Waals surface area contributed by atoms with E-state index in [2.05, 4.69) is 14.9 Å². The van der Waals surface area contributed by atoms with E-state index in [9.17, 15) is 14.7 Å². The monoisotopic (exact) mass is 450 g/mol. The lowest BCUT2D eigenvalue weighted by molar-refractivity contribution is -0.139. The predicted octanol–water partition coefficient (Wildman–Crippen LogP) is 2.20. The molecule has 2 N–H and O–H groups in total. The van der Waals surface area contributed by atoms with E-state index < -0.39 is 18.2 Å². The largest absolute Gasteiger partial charge is 0.482 e. The van der Waals surface area contributed by atoms with Gasteiger partial charge >= 0.3 is 5.97 Å². The van der Waals surface area contributed by atoms with Crippen LogP contribution in [0.2, 0.25) is 0 Å². The van der Waals surface area contributed by atoms with Crippen molar-refractivity contribution in [2.45, 2.75) is 18.4 Å². The van der Waals surface area contributed by atoms with Crippen molar-refractivity contribution in [3.8, 4) is 5.75 Å². The molecule has 1 aliphatic heterocycles. The Labute approximate surface area is 191 Å². The van der Waals surface area contributed by atoms with E-state index in [0.717, 1.165) is 29.7 Å². The quantitative estimate of drug-likeness (QED) is 0.563. The molecule has 0 bridgehead atoms. The van der Waals surface area contributed by atoms with Crippen LogP contribution in [0.5, 0.6) is 5.75 Å². The standard InChI is InChI=1S/C24H26N4O5/c1-27(23(31)17-5-7-18(8-6-17)33-14-21(29)30)15-24(32)10-3-13-28(16-24)20-9-12-25-19-4-2-11-26-22(19)20/h2,4-9,11-12,32H,3,10,13-16H2,1H3,(H,29,30)/t24-/m0/s1. The Hall–Kier alpha value is -3.72. The first-order valence-corrected chi connectivity index (χ1v) is 10.7. The average molecular weight is 450 g/mol. The minimum atomic E-state index is -1.07. The summed E-state index contributed by atoms with van der Waals surface area (Å²) < 4.78 is 5.11. The molecule has 0 unspecified atom stereocenters. The second-order valence-corrected chi connectivity index (χ2v) is 8.32. The van der Waals surface area contributed by atoms with Gasteiger partial charge in [0.1, 0.15) is 11.3 Å². The lowest BCUT2D eigenvalue weighted by Crippen LogP contribution is -2.54. The molecule has 1 aromatic carbocycles. The third-order valence-corrected chi connectivity index (χ3v) is 5.71. The van der Waals surface area contributed by atoms with Crippen LogP contribution in [0.15, 0.2) is 54.9 Å². The molecule has 0 saturated carbocycles. The topological polar surface area (TPSA) is 116 Å². The van der Waals surface area contributed by atoms with E-state index in [0.29, 0.717) is 24.3 Å². The van der Waals surface area contributed by atoms with Crippen LogP contribution >= 0.6 is 0 Å². The Bertz CT molecular complexity index is 1150. The Morgan fingerprint density at radius 2 is 1.94 bits per heavy atom. The third kappa shape index (κ3) is 5.20. The molecular weight excluding hydrogens is 424 g/mol. The van der Waals surface area contributed by atoms with Crippen molar-refractivity contribution in [1.29, 1.82) is 0 Å². The van der Waals surface area contributed by atoms with Gasteiger partial charge in [0.2, 0.25) is 0 Å². The minimum Gasteiger partial charge on any atom is -0.482 e. The first-order chi connectivity index (χ1) is 15.8. The highest BCUT2D eigenvalue weighted by atomic mass is 16.5. The number of benzene rings is 1. The fourth-order valence-electron chi connectivity index (χ4n) is 4.24. The van der Waals surface area contributed by atoms with E-state index in [1.54, 1.807) is 43.7 Å². The Kier molecular flexibility index (Phi) is 6.41. The van der Waals surface area contributed by atoms with Crippen molar-refractivity contribution >= 4 is 28.6 Å². The molecule has 4 rings (SSSR count). The number of carbonyl (C=O) groups excluding carboxylic acids is 1. The number of ether oxygens (including phenoxy) is 1. The van der Waals surface area contributed by atoms with Gasteiger partial charge in [-0.1, -0.05) is 0 Å². The van der Waals surface area contributed by atoms with Gasteiger partial charge < -0.3 is 24.7 Å². The molecule has 0 radical (unpaired) electrons. The number of carboxylic acids is 1. The van der Waals surface area contributed by atoms with Gasteiger partial charge in [-0.15, -0.1) is 0 Å². The maximum atomic E-state index is 12.9. The Balaban J connectivity index is 1.44. The van der Waals surface area contributed by atoms with Gasteiger partial charge in [-0.3, -0.25) is 14.8 Å². The van der Waals surface area contributed by atoms with Gasteiger partial charge in [0.15, 0.2) is 6.61 Å². The normalized spacial score (nSPS) is 18.2. The summed E-state index contributed by atoms with van der Waals surface area (Å²) in [5.41, 5.74) is 1.87. The number of aliphatic carboxylic acids is 1. The molecule has 9 nitrogen and oxygen atoms in total. The highest BCUT2D eigenvalue weighted by Gasteiger charge is 2.36. The van der Waals surface area contributed by atoms with E-state index in [1.165, 1.54) is 4.90 Å². The van der Waals surface area contributed by atoms with Crippen LogP contribution in [0.1, 0.15) is 23.2 Å². The number of hydrogen-bond donors (Lipinski definition) is 2. The Morgan fingerprint density at radius 1 is 1.15 bits per heavy atom. The van der Waals surface area contributed by atoms with E-state index in [4.69, 9.17) is 9.84 Å². The number of anilines is 1. The minimum absolute atomic E-state index is 0.177. The SMILES string of the molecule is CN(C[C@@]1(O)CCCN(c2ccnc3cccnc23)C1)C(=O)c1ccc(OCC(=O)O)cc1. The van der Waals surface area contributed by atoms with E-state index in [1.807, 2.05) is 18.2 Å². The van der Waals surface area contributed by atoms with Crippen molar-refractivity contribution < 1.29 is 24.5 Å². The van der Waals surface area contributed by atoms with Crippen LogP contribution in [0, 0.1) is 0 Å². The summed E-state index contributed by atoms with van der Waals surface area (Å²) in [5, 5.41) is 20.1. The van der Waals surface area contributed by atoms with Gasteiger partial charge in [-0.05, 0) is 55.3 Å². The molecule has 3 heterocycles. The number of piperidine rings is 1. The second-order valence-electron chi connectivity index (χ2n) is 8.32. The molecular formula is C24H26N4O5. The molecule has 2 aromatic heterocycles. The van der Waals surface area contributed by atoms with Gasteiger partial charge in [0.25, 0.3) is 5.91 Å². The summed E-state index contributed by atoms with van der Waals surface area (Å²) in [4.78, 5) is 36.0. The van der Waals surface area contributed by atoms with Crippen LogP contribution in [0.3, 0.4) is 0 Å². The van der Waals surface area contributed by atoms with Crippen molar-refractivity contribution in [2.24, 2.45) is 0 Å². The number of pyridine rings is 2. The molecule has 1 fully saturated rings. The highest BCUT2D eigenvalue weighted by molar-refractivity contribution is 5.94. The number of aromatic nitrogens is 2. The first-order valence-electron chi connectivity index (χ1n) is 10.7. The zero-order valence-corrected chi connectivity index (χ0v) is 18.3. The van der Waals surface area contributed by atoms with E-state index >= 15 is 0 Å². The zero-order valence-electron chi connectivity index (χ0n) is 18.3. The molecule has 3 aromatic rings. The lowest BCUT2D eigenvalue weighted by atomic mass is 9.91. The van der Waals surface area contributed by atoms with Crippen molar-refractivity contribution in [3.05, 3.63) is 60.4 Å². The first kappa shape index (κ1) is 22.5. The summed E-state index contributed by atoms with van der Waals surface area (Å²) in [7, 11) is 1.66. The van der Waals surface area contributed by atoms with Crippen molar-refractivity contribution in [3.63, 3.8) is 0 Å². The maximum absolute atomic E-state index is 12.9. The fourth-order valence-corrected chi connectivity index (χ4v) is 4.24. The number of nitrogens with zero attached hydrogens (tertiary/aromatic N) is 4. The third-order valence-electron chi connectivity index (χ3n) is 5.71. The molecule has 172 valence electrons. The van der Waals surface area contributed by atoms with Crippen LogP contribution in [0.4, 0.5) is 5.69 Å². The molecule has 0 spiro atoms. The van der Waals surface area contributed by atoms with Crippen molar-refractivity contribution in [1.82, 2.24) is 14.9 Å². The number of carbonyl (C=O) groups is 2. The molecule has 0 aliphatic carbocycles. The number of carboxylic acid groups (broad SMARTS) is 1. The number of likely N-dealkylation sites (N-methyl/N-ethyl adjacent to an activating group) is 1. The van der Waals surface area contributed by atoms with Gasteiger partial charge in [0.05, 0.1) is 23.3 Å². The van der Waals surface area contributed by atoms with E-state index in [-0.39, 0.29) is 12.5 Å². The molecule has 1 saturated heterocycles. The average Bonchev–Trinajstić information content (AvgIpc) is 2.82. The van der Waals surface area contributed by atoms with Gasteiger partial charge in [0, 0.05) is 38.1 Å². The summed E-state index contributed by atoms with van der Waals surface area (Å²) in [6, 6.07) is 11.9. The zero-order chi connectivity index (χ0) is 23.4. The van der Waals surface area contributed by atoms with Crippen LogP contribution < -0.4 is 9.64 Å². The molecule has 33 heavy (non-hydrogen) atoms. The number of fused-ring (bicyclic) bond motifs is 1. The predicted molar refractivity (Wildman–Crippen MR) is 122 cm³/mol. The smallest absolute Gasteiger partial charge is 0.341 e. The summed E-state index contributed by atoms with van der Waals surface area (Å²) in [6.45, 7) is 0.894. The lowest BCUT2D eigenvalue weighted by Gasteiger charge is -2.42. The number of aliphatic hydroxyl groups is 1. The summed E-state index contributed by atoms with van der Waals surface area (Å²) in [5.74, 6) is -0.932. The van der Waals surface area contributed by atoms with Crippen molar-refractivity contribution in [2.75, 3.05) is 38.2 Å². The summed E-state index contributed by atoms with van der Waals surface area (Å²) >= 11 is 0. The second kappa shape index (κ2) is 9.41. The Morgan fingerprint density at radius 3 is 2.70 bits per heavy atom. The van der Waals surface area contributed by atoms with Crippen LogP contribution in [-0.2, 0) is 4.79 Å². The number of hydrogen-bond acceptors (Lipinski definition) is 7. The van der Waals surface area contributed by atoms with Gasteiger partial charge in [-0.2, -0.15) is 0 Å². The van der Waals surface area contributed by atoms with Crippen LogP contribution in [-0.4, -0.2) is 75.8 Å². The molecule has 1 aliphatic rings. The number of amides is 1. The number of rotatable bonds is 7. The number of β-amino-alcohol motifs (C(OH)–C–C–N with tert-alkyl or cyclic N) is 1.